The van der Waals surface area contributed by atoms with Gasteiger partial charge in [-0.1, -0.05) is 31.5 Å². The molecule has 1 heterocycles. The monoisotopic (exact) mass is 482 g/mol. The number of hydrogen-bond donors (Lipinski definition) is 3. The molecular formula is C25H46N4O3S. The number of likely N-dealkylation sites (tertiary alicyclic amines) is 1. The zero-order valence-corrected chi connectivity index (χ0v) is 21.9. The number of carbonyl (C=O) groups is 1. The third-order valence-corrected chi connectivity index (χ3v) is 6.81. The number of benzene rings is 1. The van der Waals surface area contributed by atoms with Gasteiger partial charge in [0.25, 0.3) is 0 Å². The molecule has 1 amide bonds. The van der Waals surface area contributed by atoms with E-state index in [4.69, 9.17) is 5.73 Å². The molecule has 190 valence electrons. The maximum absolute atomic E-state index is 12.6. The van der Waals surface area contributed by atoms with Gasteiger partial charge in [0.05, 0.1) is 10.6 Å². The number of amides is 1. The highest BCUT2D eigenvalue weighted by Crippen LogP contribution is 2.34. The van der Waals surface area contributed by atoms with Crippen molar-refractivity contribution in [2.75, 3.05) is 20.1 Å². The van der Waals surface area contributed by atoms with Crippen LogP contribution >= 0.6 is 0 Å². The molecule has 1 aliphatic carbocycles. The summed E-state index contributed by atoms with van der Waals surface area (Å²) in [6.07, 6.45) is 4.44. The zero-order valence-electron chi connectivity index (χ0n) is 21.1. The van der Waals surface area contributed by atoms with Gasteiger partial charge >= 0.3 is 0 Å². The van der Waals surface area contributed by atoms with E-state index in [0.717, 1.165) is 37.9 Å². The summed E-state index contributed by atoms with van der Waals surface area (Å²) in [5, 5.41) is 0. The summed E-state index contributed by atoms with van der Waals surface area (Å²) in [4.78, 5) is 14.4. The summed E-state index contributed by atoms with van der Waals surface area (Å²) in [5.41, 5.74) is 10.8. The lowest BCUT2D eigenvalue weighted by molar-refractivity contribution is -0.131. The first-order valence-corrected chi connectivity index (χ1v) is 13.0. The number of hydrogen-bond acceptors (Lipinski definition) is 5. The largest absolute Gasteiger partial charge is 0.343 e. The van der Waals surface area contributed by atoms with Crippen molar-refractivity contribution >= 4 is 15.9 Å². The van der Waals surface area contributed by atoms with Crippen LogP contribution in [0.2, 0.25) is 0 Å². The second-order valence-corrected chi connectivity index (χ2v) is 9.16. The molecule has 1 saturated heterocycles. The van der Waals surface area contributed by atoms with Gasteiger partial charge in [-0.25, -0.2) is 8.42 Å². The molecule has 0 bridgehead atoms. The van der Waals surface area contributed by atoms with Crippen molar-refractivity contribution in [3.8, 4) is 0 Å². The van der Waals surface area contributed by atoms with Gasteiger partial charge in [0, 0.05) is 19.5 Å². The molecule has 0 spiro atoms. The molecule has 8 heteroatoms. The van der Waals surface area contributed by atoms with Crippen molar-refractivity contribution in [1.82, 2.24) is 9.62 Å². The first-order chi connectivity index (χ1) is 15.8. The Morgan fingerprint density at radius 1 is 1.09 bits per heavy atom. The SMILES string of the molecule is C=C.C=C.CC.CN.Cc1ccc(S(=O)(=O)N[C@]2(N)CCC(CC(=O)N3CCCC3)C2)cc1. The van der Waals surface area contributed by atoms with Gasteiger partial charge in [-0.15, -0.1) is 26.3 Å². The van der Waals surface area contributed by atoms with E-state index in [2.05, 4.69) is 36.8 Å². The Morgan fingerprint density at radius 3 is 2.06 bits per heavy atom. The number of carbonyl (C=O) groups excluding carboxylic acids is 1. The Morgan fingerprint density at radius 2 is 1.58 bits per heavy atom. The summed E-state index contributed by atoms with van der Waals surface area (Å²) in [6.45, 7) is 19.6. The maximum Gasteiger partial charge on any atom is 0.242 e. The normalized spacial score (nSPS) is 21.0. The summed E-state index contributed by atoms with van der Waals surface area (Å²) in [7, 11) is -2.16. The molecule has 2 aliphatic rings. The second kappa shape index (κ2) is 17.5. The Labute approximate surface area is 202 Å². The van der Waals surface area contributed by atoms with Gasteiger partial charge in [-0.05, 0) is 64.1 Å². The molecule has 0 radical (unpaired) electrons. The van der Waals surface area contributed by atoms with E-state index in [1.165, 1.54) is 7.05 Å². The maximum atomic E-state index is 12.6. The first-order valence-electron chi connectivity index (χ1n) is 11.5. The number of sulfonamides is 1. The van der Waals surface area contributed by atoms with E-state index in [9.17, 15) is 13.2 Å². The molecule has 5 N–H and O–H groups in total. The Kier molecular flexibility index (Phi) is 17.6. The van der Waals surface area contributed by atoms with Crippen LogP contribution in [0.25, 0.3) is 0 Å². The predicted octanol–water partition coefficient (Wildman–Crippen LogP) is 3.95. The molecular weight excluding hydrogens is 436 g/mol. The summed E-state index contributed by atoms with van der Waals surface area (Å²) < 4.78 is 27.8. The molecule has 1 aromatic carbocycles. The van der Waals surface area contributed by atoms with Crippen molar-refractivity contribution in [3.63, 3.8) is 0 Å². The van der Waals surface area contributed by atoms with Gasteiger partial charge < -0.3 is 16.4 Å². The van der Waals surface area contributed by atoms with E-state index in [1.54, 1.807) is 24.3 Å². The van der Waals surface area contributed by atoms with E-state index in [1.807, 2.05) is 25.7 Å². The molecule has 0 aromatic heterocycles. The predicted molar refractivity (Wildman–Crippen MR) is 140 cm³/mol. The van der Waals surface area contributed by atoms with Gasteiger partial charge in [0.2, 0.25) is 15.9 Å². The van der Waals surface area contributed by atoms with Crippen LogP contribution in [0.1, 0.15) is 57.9 Å². The van der Waals surface area contributed by atoms with Crippen molar-refractivity contribution < 1.29 is 13.2 Å². The second-order valence-electron chi connectivity index (χ2n) is 7.48. The van der Waals surface area contributed by atoms with E-state index in [-0.39, 0.29) is 16.7 Å². The summed E-state index contributed by atoms with van der Waals surface area (Å²) in [5.74, 6) is 0.312. The lowest BCUT2D eigenvalue weighted by Gasteiger charge is -2.26. The zero-order chi connectivity index (χ0) is 26.1. The highest BCUT2D eigenvalue weighted by atomic mass is 32.2. The fraction of sp³-hybridized carbons (Fsp3) is 0.560. The Bertz CT molecular complexity index is 760. The van der Waals surface area contributed by atoms with Crippen LogP contribution in [-0.2, 0) is 14.8 Å². The molecule has 3 rings (SSSR count). The minimum Gasteiger partial charge on any atom is -0.343 e. The van der Waals surface area contributed by atoms with Crippen LogP contribution in [0.3, 0.4) is 0 Å². The molecule has 2 fully saturated rings. The molecule has 1 saturated carbocycles. The highest BCUT2D eigenvalue weighted by molar-refractivity contribution is 7.89. The van der Waals surface area contributed by atoms with Crippen LogP contribution in [0, 0.1) is 12.8 Å². The van der Waals surface area contributed by atoms with E-state index >= 15 is 0 Å². The Hall–Kier alpha value is -2.00. The lowest BCUT2D eigenvalue weighted by atomic mass is 10.0. The lowest BCUT2D eigenvalue weighted by Crippen LogP contribution is -2.53. The molecule has 33 heavy (non-hydrogen) atoms. The molecule has 7 nitrogen and oxygen atoms in total. The molecule has 2 atom stereocenters. The van der Waals surface area contributed by atoms with E-state index in [0.29, 0.717) is 19.3 Å². The standard InChI is InChI=1S/C18H27N3O3S.C2H6.2C2H4.CH5N/c1-14-4-6-16(7-5-14)25(23,24)20-18(19)9-8-15(13-18)12-17(22)21-10-2-3-11-21;4*1-2/h4-7,15,20H,2-3,8-13,19H2,1H3;1-2H3;2*1-2H2;2H2,1H3/t15?,18-;;;;/m1..../s1. The summed E-state index contributed by atoms with van der Waals surface area (Å²) >= 11 is 0. The van der Waals surface area contributed by atoms with E-state index < -0.39 is 15.7 Å². The molecule has 1 unspecified atom stereocenters. The minimum atomic E-state index is -3.66. The fourth-order valence-electron chi connectivity index (χ4n) is 3.83. The number of rotatable bonds is 5. The number of nitrogens with zero attached hydrogens (tertiary/aromatic N) is 1. The Balaban J connectivity index is 0. The van der Waals surface area contributed by atoms with Crippen molar-refractivity contribution in [3.05, 3.63) is 56.1 Å². The van der Waals surface area contributed by atoms with Crippen molar-refractivity contribution in [2.24, 2.45) is 17.4 Å². The summed E-state index contributed by atoms with van der Waals surface area (Å²) in [6, 6.07) is 6.71. The quantitative estimate of drug-likeness (QED) is 0.434. The van der Waals surface area contributed by atoms with Crippen molar-refractivity contribution in [1.29, 1.82) is 0 Å². The van der Waals surface area contributed by atoms with Crippen LogP contribution in [0.15, 0.2) is 55.5 Å². The van der Waals surface area contributed by atoms with Gasteiger partial charge in [-0.3, -0.25) is 4.79 Å². The first kappa shape index (κ1) is 33.2. The average Bonchev–Trinajstić information content (AvgIpc) is 3.49. The van der Waals surface area contributed by atoms with Gasteiger partial charge in [0.15, 0.2) is 0 Å². The van der Waals surface area contributed by atoms with Crippen molar-refractivity contribution in [2.45, 2.75) is 69.9 Å². The van der Waals surface area contributed by atoms with Gasteiger partial charge in [0.1, 0.15) is 0 Å². The minimum absolute atomic E-state index is 0.138. The van der Waals surface area contributed by atoms with Crippen LogP contribution < -0.4 is 16.2 Å². The third-order valence-electron chi connectivity index (χ3n) is 5.24. The van der Waals surface area contributed by atoms with Crippen LogP contribution in [0.4, 0.5) is 0 Å². The number of nitrogens with two attached hydrogens (primary N) is 2. The average molecular weight is 483 g/mol. The molecule has 1 aliphatic heterocycles. The number of nitrogens with one attached hydrogen (secondary N) is 1. The third kappa shape index (κ3) is 11.1. The fourth-order valence-corrected chi connectivity index (χ4v) is 5.17. The topological polar surface area (TPSA) is 119 Å². The highest BCUT2D eigenvalue weighted by Gasteiger charge is 2.40. The smallest absolute Gasteiger partial charge is 0.242 e. The van der Waals surface area contributed by atoms with Crippen LogP contribution in [-0.4, -0.2) is 45.0 Å². The van der Waals surface area contributed by atoms with Gasteiger partial charge in [-0.2, -0.15) is 4.72 Å². The van der Waals surface area contributed by atoms with Crippen LogP contribution in [0.5, 0.6) is 0 Å². The molecule has 1 aromatic rings. The number of aryl methyl sites for hydroxylation is 1.